The lowest BCUT2D eigenvalue weighted by molar-refractivity contribution is -0.129. The average Bonchev–Trinajstić information content (AvgIpc) is 2.45. The molecule has 1 aromatic rings. The van der Waals surface area contributed by atoms with Gasteiger partial charge >= 0.3 is 0 Å². The Labute approximate surface area is 115 Å². The van der Waals surface area contributed by atoms with E-state index in [1.165, 1.54) is 31.4 Å². The average molecular weight is 283 g/mol. The summed E-state index contributed by atoms with van der Waals surface area (Å²) in [4.78, 5) is 31.8. The number of H-pyrrole nitrogens is 1. The molecule has 19 heavy (non-hydrogen) atoms. The van der Waals surface area contributed by atoms with Crippen LogP contribution in [-0.2, 0) is 4.79 Å². The SMILES string of the molecule is COc1cc(=O)[nH]c(SCC(=O)N2CCCCC2)n1. The van der Waals surface area contributed by atoms with Gasteiger partial charge in [-0.1, -0.05) is 11.8 Å². The molecule has 2 rings (SSSR count). The van der Waals surface area contributed by atoms with Crippen molar-refractivity contribution in [3.63, 3.8) is 0 Å². The van der Waals surface area contributed by atoms with E-state index in [1.807, 2.05) is 4.90 Å². The fourth-order valence-corrected chi connectivity index (χ4v) is 2.72. The number of aromatic amines is 1. The van der Waals surface area contributed by atoms with Crippen LogP contribution in [0, 0.1) is 0 Å². The van der Waals surface area contributed by atoms with Gasteiger partial charge in [-0.05, 0) is 19.3 Å². The summed E-state index contributed by atoms with van der Waals surface area (Å²) in [5.41, 5.74) is -0.278. The van der Waals surface area contributed by atoms with Gasteiger partial charge < -0.3 is 14.6 Å². The number of aromatic nitrogens is 2. The number of nitrogens with zero attached hydrogens (tertiary/aromatic N) is 2. The van der Waals surface area contributed by atoms with Gasteiger partial charge in [-0.2, -0.15) is 4.98 Å². The van der Waals surface area contributed by atoms with Crippen molar-refractivity contribution in [1.82, 2.24) is 14.9 Å². The molecule has 0 aliphatic carbocycles. The molecule has 104 valence electrons. The monoisotopic (exact) mass is 283 g/mol. The molecule has 0 unspecified atom stereocenters. The molecule has 6 nitrogen and oxygen atoms in total. The number of nitrogens with one attached hydrogen (secondary N) is 1. The first-order valence-corrected chi connectivity index (χ1v) is 7.23. The lowest BCUT2D eigenvalue weighted by Crippen LogP contribution is -2.36. The molecule has 0 radical (unpaired) electrons. The van der Waals surface area contributed by atoms with Gasteiger partial charge in [0.15, 0.2) is 5.16 Å². The Morgan fingerprint density at radius 3 is 2.89 bits per heavy atom. The number of methoxy groups -OCH3 is 1. The smallest absolute Gasteiger partial charge is 0.255 e. The number of carbonyl (C=O) groups is 1. The quantitative estimate of drug-likeness (QED) is 0.656. The van der Waals surface area contributed by atoms with E-state index in [1.54, 1.807) is 0 Å². The second-order valence-electron chi connectivity index (χ2n) is 4.32. The van der Waals surface area contributed by atoms with Gasteiger partial charge in [-0.25, -0.2) is 0 Å². The van der Waals surface area contributed by atoms with Crippen molar-refractivity contribution in [3.05, 3.63) is 16.4 Å². The number of piperidine rings is 1. The molecule has 1 N–H and O–H groups in total. The van der Waals surface area contributed by atoms with Gasteiger partial charge in [-0.3, -0.25) is 9.59 Å². The van der Waals surface area contributed by atoms with Crippen LogP contribution < -0.4 is 10.3 Å². The van der Waals surface area contributed by atoms with Gasteiger partial charge in [0.25, 0.3) is 5.56 Å². The second-order valence-corrected chi connectivity index (χ2v) is 5.29. The lowest BCUT2D eigenvalue weighted by Gasteiger charge is -2.26. The van der Waals surface area contributed by atoms with Crippen molar-refractivity contribution in [1.29, 1.82) is 0 Å². The van der Waals surface area contributed by atoms with Crippen molar-refractivity contribution in [3.8, 4) is 5.88 Å². The van der Waals surface area contributed by atoms with E-state index in [0.29, 0.717) is 5.16 Å². The van der Waals surface area contributed by atoms with E-state index in [9.17, 15) is 9.59 Å². The summed E-state index contributed by atoms with van der Waals surface area (Å²) in [6, 6.07) is 1.27. The molecule has 0 atom stereocenters. The van der Waals surface area contributed by atoms with Gasteiger partial charge in [0, 0.05) is 13.1 Å². The Morgan fingerprint density at radius 1 is 1.47 bits per heavy atom. The van der Waals surface area contributed by atoms with Crippen LogP contribution in [0.1, 0.15) is 19.3 Å². The standard InChI is InChI=1S/C12H17N3O3S/c1-18-10-7-9(16)13-12(14-10)19-8-11(17)15-5-3-2-4-6-15/h7H,2-6,8H2,1H3,(H,13,14,16). The first kappa shape index (κ1) is 13.9. The maximum absolute atomic E-state index is 12.0. The molecule has 0 spiro atoms. The van der Waals surface area contributed by atoms with Gasteiger partial charge in [-0.15, -0.1) is 0 Å². The molecule has 0 saturated carbocycles. The zero-order valence-electron chi connectivity index (χ0n) is 10.8. The van der Waals surface area contributed by atoms with Crippen LogP contribution in [0.2, 0.25) is 0 Å². The van der Waals surface area contributed by atoms with E-state index >= 15 is 0 Å². The zero-order chi connectivity index (χ0) is 13.7. The van der Waals surface area contributed by atoms with E-state index in [-0.39, 0.29) is 23.1 Å². The number of ether oxygens (including phenoxy) is 1. The van der Waals surface area contributed by atoms with E-state index in [0.717, 1.165) is 25.9 Å². The predicted octanol–water partition coefficient (Wildman–Crippen LogP) is 0.883. The normalized spacial score (nSPS) is 15.3. The first-order valence-electron chi connectivity index (χ1n) is 6.25. The van der Waals surface area contributed by atoms with Crippen molar-refractivity contribution < 1.29 is 9.53 Å². The third-order valence-electron chi connectivity index (χ3n) is 2.95. The fraction of sp³-hybridized carbons (Fsp3) is 0.583. The predicted molar refractivity (Wildman–Crippen MR) is 72.6 cm³/mol. The molecule has 1 aliphatic heterocycles. The Bertz CT molecular complexity index is 497. The summed E-state index contributed by atoms with van der Waals surface area (Å²) >= 11 is 1.23. The van der Waals surface area contributed by atoms with Gasteiger partial charge in [0.05, 0.1) is 18.9 Å². The molecule has 1 fully saturated rings. The highest BCUT2D eigenvalue weighted by Crippen LogP contribution is 2.16. The number of rotatable bonds is 4. The van der Waals surface area contributed by atoms with Crippen LogP contribution in [0.5, 0.6) is 5.88 Å². The minimum atomic E-state index is -0.278. The first-order chi connectivity index (χ1) is 9.19. The summed E-state index contributed by atoms with van der Waals surface area (Å²) in [7, 11) is 1.45. The van der Waals surface area contributed by atoms with Crippen LogP contribution >= 0.6 is 11.8 Å². The summed E-state index contributed by atoms with van der Waals surface area (Å²) < 4.78 is 4.92. The Morgan fingerprint density at radius 2 is 2.21 bits per heavy atom. The third-order valence-corrected chi connectivity index (χ3v) is 3.80. The number of carbonyl (C=O) groups excluding carboxylic acids is 1. The van der Waals surface area contributed by atoms with Crippen LogP contribution in [0.15, 0.2) is 16.0 Å². The summed E-state index contributed by atoms with van der Waals surface area (Å²) in [5.74, 6) is 0.641. The molecule has 1 aromatic heterocycles. The van der Waals surface area contributed by atoms with Crippen LogP contribution in [0.3, 0.4) is 0 Å². The minimum absolute atomic E-state index is 0.0927. The highest BCUT2D eigenvalue weighted by Gasteiger charge is 2.16. The molecule has 0 bridgehead atoms. The summed E-state index contributed by atoms with van der Waals surface area (Å²) in [5, 5.41) is 0.412. The van der Waals surface area contributed by atoms with Crippen LogP contribution in [0.25, 0.3) is 0 Å². The molecule has 7 heteroatoms. The maximum Gasteiger partial charge on any atom is 0.255 e. The van der Waals surface area contributed by atoms with Crippen molar-refractivity contribution >= 4 is 17.7 Å². The van der Waals surface area contributed by atoms with E-state index in [4.69, 9.17) is 4.74 Å². The molecule has 1 aliphatic rings. The van der Waals surface area contributed by atoms with Crippen molar-refractivity contribution in [2.24, 2.45) is 0 Å². The number of hydrogen-bond donors (Lipinski definition) is 1. The highest BCUT2D eigenvalue weighted by molar-refractivity contribution is 7.99. The topological polar surface area (TPSA) is 75.3 Å². The van der Waals surface area contributed by atoms with Gasteiger partial charge in [0.1, 0.15) is 0 Å². The maximum atomic E-state index is 12.0. The third kappa shape index (κ3) is 3.99. The van der Waals surface area contributed by atoms with Crippen LogP contribution in [0.4, 0.5) is 0 Å². The van der Waals surface area contributed by atoms with Crippen LogP contribution in [-0.4, -0.2) is 46.7 Å². The Kier molecular flexibility index (Phi) is 4.84. The fourth-order valence-electron chi connectivity index (χ4n) is 1.95. The number of amides is 1. The summed E-state index contributed by atoms with van der Waals surface area (Å²) in [6.45, 7) is 1.67. The number of likely N-dealkylation sites (tertiary alicyclic amines) is 1. The van der Waals surface area contributed by atoms with Crippen molar-refractivity contribution in [2.75, 3.05) is 26.0 Å². The van der Waals surface area contributed by atoms with E-state index in [2.05, 4.69) is 9.97 Å². The number of thioether (sulfide) groups is 1. The summed E-state index contributed by atoms with van der Waals surface area (Å²) in [6.07, 6.45) is 3.34. The number of hydrogen-bond acceptors (Lipinski definition) is 5. The molecule has 1 amide bonds. The molecular formula is C12H17N3O3S. The van der Waals surface area contributed by atoms with E-state index < -0.39 is 0 Å². The lowest BCUT2D eigenvalue weighted by atomic mass is 10.1. The molecule has 2 heterocycles. The minimum Gasteiger partial charge on any atom is -0.481 e. The second kappa shape index (κ2) is 6.60. The Balaban J connectivity index is 1.92. The largest absolute Gasteiger partial charge is 0.481 e. The molecule has 1 saturated heterocycles. The molecule has 0 aromatic carbocycles. The highest BCUT2D eigenvalue weighted by atomic mass is 32.2. The zero-order valence-corrected chi connectivity index (χ0v) is 11.7. The molecular weight excluding hydrogens is 266 g/mol. The van der Waals surface area contributed by atoms with Gasteiger partial charge in [0.2, 0.25) is 11.8 Å². The van der Waals surface area contributed by atoms with Crippen molar-refractivity contribution in [2.45, 2.75) is 24.4 Å². The Hall–Kier alpha value is -1.50.